The molecule has 2 aromatic carbocycles. The molecule has 1 aromatic heterocycles. The normalized spacial score (nSPS) is 21.1. The summed E-state index contributed by atoms with van der Waals surface area (Å²) >= 11 is 0. The number of amides is 2. The van der Waals surface area contributed by atoms with Crippen molar-refractivity contribution in [2.45, 2.75) is 45.1 Å². The first-order valence-corrected chi connectivity index (χ1v) is 13.2. The predicted octanol–water partition coefficient (Wildman–Crippen LogP) is 5.06. The van der Waals surface area contributed by atoms with E-state index in [-0.39, 0.29) is 17.7 Å². The summed E-state index contributed by atoms with van der Waals surface area (Å²) in [5.41, 5.74) is 1.95. The van der Waals surface area contributed by atoms with Crippen molar-refractivity contribution in [3.63, 3.8) is 0 Å². The summed E-state index contributed by atoms with van der Waals surface area (Å²) < 4.78 is 15.5. The van der Waals surface area contributed by atoms with E-state index >= 15 is 4.39 Å². The van der Waals surface area contributed by atoms with Crippen LogP contribution in [0.4, 0.5) is 4.39 Å². The average Bonchev–Trinajstić information content (AvgIpc) is 3.59. The van der Waals surface area contributed by atoms with Gasteiger partial charge in [0, 0.05) is 37.1 Å². The molecule has 2 amide bonds. The van der Waals surface area contributed by atoms with Gasteiger partial charge in [-0.15, -0.1) is 0 Å². The van der Waals surface area contributed by atoms with Crippen LogP contribution in [0.2, 0.25) is 0 Å². The lowest BCUT2D eigenvalue weighted by Gasteiger charge is -2.23. The molecular weight excluding hydrogens is 467 g/mol. The number of pyridine rings is 1. The summed E-state index contributed by atoms with van der Waals surface area (Å²) in [6, 6.07) is 14.9. The summed E-state index contributed by atoms with van der Waals surface area (Å²) in [6.45, 7) is 5.56. The molecule has 3 heterocycles. The fraction of sp³-hybridized carbons (Fsp3) is 0.400. The van der Waals surface area contributed by atoms with Crippen LogP contribution >= 0.6 is 0 Å². The Balaban J connectivity index is 1.21. The van der Waals surface area contributed by atoms with Crippen LogP contribution in [0.1, 0.15) is 45.1 Å². The van der Waals surface area contributed by atoms with Gasteiger partial charge in [-0.25, -0.2) is 4.39 Å². The third-order valence-corrected chi connectivity index (χ3v) is 7.84. The first-order chi connectivity index (χ1) is 17.8. The van der Waals surface area contributed by atoms with Crippen molar-refractivity contribution in [3.05, 3.63) is 66.1 Å². The standard InChI is InChI=1S/C30H31FN4O2/c1-30(2)29(37)35(15-12-19-11-14-34(18-19)28(36)20-5-6-20)27(33-30)24-9-7-22(17-25(24)31)21-8-10-26-23(16-21)4-3-13-32-26/h3-4,7-10,13,16-17,19-20H,5-6,11-12,14-15,18H2,1-2H3/t19-/m0/s1. The maximum Gasteiger partial charge on any atom is 0.255 e. The largest absolute Gasteiger partial charge is 0.342 e. The van der Waals surface area contributed by atoms with Crippen LogP contribution in [0.25, 0.3) is 22.0 Å². The lowest BCUT2D eigenvalue weighted by atomic mass is 10.0. The number of nitrogens with zero attached hydrogens (tertiary/aromatic N) is 4. The molecule has 1 atom stereocenters. The molecule has 0 unspecified atom stereocenters. The van der Waals surface area contributed by atoms with Gasteiger partial charge in [0.15, 0.2) is 0 Å². The van der Waals surface area contributed by atoms with Gasteiger partial charge in [-0.2, -0.15) is 0 Å². The molecular formula is C30H31FN4O2. The zero-order chi connectivity index (χ0) is 25.7. The van der Waals surface area contributed by atoms with Gasteiger partial charge in [-0.3, -0.25) is 24.5 Å². The Morgan fingerprint density at radius 3 is 2.65 bits per heavy atom. The maximum absolute atomic E-state index is 15.5. The minimum atomic E-state index is -0.935. The molecule has 1 saturated carbocycles. The molecule has 0 spiro atoms. The number of carbonyl (C=O) groups is 2. The van der Waals surface area contributed by atoms with E-state index in [9.17, 15) is 9.59 Å². The van der Waals surface area contributed by atoms with Crippen molar-refractivity contribution >= 4 is 28.6 Å². The molecule has 6 nitrogen and oxygen atoms in total. The third kappa shape index (κ3) is 4.52. The number of hydrogen-bond donors (Lipinski definition) is 0. The first kappa shape index (κ1) is 23.8. The molecule has 37 heavy (non-hydrogen) atoms. The van der Waals surface area contributed by atoms with E-state index in [4.69, 9.17) is 0 Å². The maximum atomic E-state index is 15.5. The molecule has 1 aliphatic carbocycles. The highest BCUT2D eigenvalue weighted by atomic mass is 19.1. The molecule has 0 N–H and O–H groups in total. The van der Waals surface area contributed by atoms with Crippen LogP contribution in [0, 0.1) is 17.7 Å². The van der Waals surface area contributed by atoms with Crippen molar-refractivity contribution in [2.75, 3.05) is 19.6 Å². The fourth-order valence-corrected chi connectivity index (χ4v) is 5.51. The zero-order valence-electron chi connectivity index (χ0n) is 21.3. The zero-order valence-corrected chi connectivity index (χ0v) is 21.3. The van der Waals surface area contributed by atoms with Crippen LogP contribution in [-0.4, -0.2) is 57.6 Å². The van der Waals surface area contributed by atoms with Crippen molar-refractivity contribution in [1.29, 1.82) is 0 Å². The van der Waals surface area contributed by atoms with Gasteiger partial charge in [-0.1, -0.05) is 18.2 Å². The van der Waals surface area contributed by atoms with Gasteiger partial charge in [0.05, 0.1) is 11.1 Å². The predicted molar refractivity (Wildman–Crippen MR) is 141 cm³/mol. The average molecular weight is 499 g/mol. The molecule has 3 aliphatic rings. The van der Waals surface area contributed by atoms with Gasteiger partial charge in [0.1, 0.15) is 17.2 Å². The second-order valence-corrected chi connectivity index (χ2v) is 11.1. The van der Waals surface area contributed by atoms with Gasteiger partial charge < -0.3 is 4.90 Å². The number of aliphatic imine (C=N–C) groups is 1. The Morgan fingerprint density at radius 1 is 1.08 bits per heavy atom. The van der Waals surface area contributed by atoms with E-state index in [1.165, 1.54) is 6.07 Å². The quantitative estimate of drug-likeness (QED) is 0.477. The number of rotatable bonds is 6. The number of hydrogen-bond acceptors (Lipinski definition) is 4. The summed E-state index contributed by atoms with van der Waals surface area (Å²) in [5.74, 6) is 0.737. The van der Waals surface area contributed by atoms with Crippen molar-refractivity contribution in [2.24, 2.45) is 16.8 Å². The van der Waals surface area contributed by atoms with Gasteiger partial charge in [0.2, 0.25) is 5.91 Å². The molecule has 190 valence electrons. The Bertz CT molecular complexity index is 1430. The van der Waals surface area contributed by atoms with Crippen LogP contribution in [-0.2, 0) is 9.59 Å². The summed E-state index contributed by atoms with van der Waals surface area (Å²) in [7, 11) is 0. The third-order valence-electron chi connectivity index (χ3n) is 7.84. The lowest BCUT2D eigenvalue weighted by Crippen LogP contribution is -2.41. The van der Waals surface area contributed by atoms with E-state index in [2.05, 4.69) is 9.98 Å². The van der Waals surface area contributed by atoms with Gasteiger partial charge >= 0.3 is 0 Å². The van der Waals surface area contributed by atoms with Crippen LogP contribution < -0.4 is 0 Å². The molecule has 6 rings (SSSR count). The molecule has 7 heteroatoms. The van der Waals surface area contributed by atoms with E-state index in [1.54, 1.807) is 31.0 Å². The van der Waals surface area contributed by atoms with Crippen molar-refractivity contribution in [3.8, 4) is 11.1 Å². The second-order valence-electron chi connectivity index (χ2n) is 11.1. The van der Waals surface area contributed by atoms with Crippen molar-refractivity contribution in [1.82, 2.24) is 14.8 Å². The van der Waals surface area contributed by atoms with Crippen LogP contribution in [0.15, 0.2) is 59.7 Å². The van der Waals surface area contributed by atoms with Gasteiger partial charge in [-0.05, 0) is 86.9 Å². The van der Waals surface area contributed by atoms with E-state index in [0.717, 1.165) is 60.8 Å². The van der Waals surface area contributed by atoms with Crippen molar-refractivity contribution < 1.29 is 14.0 Å². The monoisotopic (exact) mass is 498 g/mol. The highest BCUT2D eigenvalue weighted by Gasteiger charge is 2.42. The van der Waals surface area contributed by atoms with E-state index in [1.807, 2.05) is 41.3 Å². The summed E-state index contributed by atoms with van der Waals surface area (Å²) in [5, 5.41) is 0.993. The summed E-state index contributed by atoms with van der Waals surface area (Å²) in [4.78, 5) is 38.3. The van der Waals surface area contributed by atoms with E-state index in [0.29, 0.717) is 23.9 Å². The molecule has 0 radical (unpaired) electrons. The van der Waals surface area contributed by atoms with Crippen LogP contribution in [0.3, 0.4) is 0 Å². The molecule has 1 saturated heterocycles. The van der Waals surface area contributed by atoms with Crippen LogP contribution in [0.5, 0.6) is 0 Å². The highest BCUT2D eigenvalue weighted by molar-refractivity contribution is 6.15. The Morgan fingerprint density at radius 2 is 1.86 bits per heavy atom. The number of amidine groups is 1. The lowest BCUT2D eigenvalue weighted by molar-refractivity contribution is -0.132. The number of benzene rings is 2. The summed E-state index contributed by atoms with van der Waals surface area (Å²) in [6.07, 6.45) is 5.49. The number of carbonyl (C=O) groups excluding carboxylic acids is 2. The number of likely N-dealkylation sites (tertiary alicyclic amines) is 1. The van der Waals surface area contributed by atoms with E-state index < -0.39 is 11.4 Å². The SMILES string of the molecule is CC1(C)N=C(c2ccc(-c3ccc4ncccc4c3)cc2F)N(CC[C@@H]2CCN(C(=O)C3CC3)C2)C1=O. The molecule has 2 aliphatic heterocycles. The fourth-order valence-electron chi connectivity index (χ4n) is 5.51. The Hall–Kier alpha value is -3.61. The molecule has 2 fully saturated rings. The Kier molecular flexibility index (Phi) is 5.81. The minimum absolute atomic E-state index is 0.114. The second kappa shape index (κ2) is 9.05. The van der Waals surface area contributed by atoms with Gasteiger partial charge in [0.25, 0.3) is 5.91 Å². The molecule has 0 bridgehead atoms. The highest BCUT2D eigenvalue weighted by Crippen LogP contribution is 2.34. The number of aromatic nitrogens is 1. The Labute approximate surface area is 216 Å². The number of halogens is 1. The minimum Gasteiger partial charge on any atom is -0.342 e. The topological polar surface area (TPSA) is 65.9 Å². The number of fused-ring (bicyclic) bond motifs is 1. The smallest absolute Gasteiger partial charge is 0.255 e. The first-order valence-electron chi connectivity index (χ1n) is 13.2. The molecule has 3 aromatic rings.